The van der Waals surface area contributed by atoms with Gasteiger partial charge in [0.2, 0.25) is 0 Å². The van der Waals surface area contributed by atoms with Crippen LogP contribution < -0.4 is 4.90 Å². The van der Waals surface area contributed by atoms with Crippen LogP contribution in [0.3, 0.4) is 0 Å². The van der Waals surface area contributed by atoms with Crippen molar-refractivity contribution in [3.63, 3.8) is 0 Å². The van der Waals surface area contributed by atoms with Gasteiger partial charge < -0.3 is 9.47 Å². The Bertz CT molecular complexity index is 2910. The highest BCUT2D eigenvalue weighted by molar-refractivity contribution is 6.11. The lowest BCUT2D eigenvalue weighted by Gasteiger charge is -2.29. The standard InChI is InChI=1S/C50H34N2/c1-2-19-39(20-3-1)51-49-27-13-11-25-45(49)46-32-30-38(34-50(46)51)41-21-8-9-23-43(41)44-24-10-12-26-48(44)52(40-31-29-35-15-4-5-17-37(35)33-40)47-28-14-18-36-16-6-7-22-42(36)47/h1-34H. The van der Waals surface area contributed by atoms with Crippen LogP contribution in [-0.4, -0.2) is 4.57 Å². The monoisotopic (exact) mass is 662 g/mol. The highest BCUT2D eigenvalue weighted by Crippen LogP contribution is 2.46. The van der Waals surface area contributed by atoms with Crippen LogP contribution >= 0.6 is 0 Å². The highest BCUT2D eigenvalue weighted by Gasteiger charge is 2.21. The molecule has 244 valence electrons. The van der Waals surface area contributed by atoms with Gasteiger partial charge in [0.25, 0.3) is 0 Å². The van der Waals surface area contributed by atoms with Gasteiger partial charge in [-0.3, -0.25) is 0 Å². The molecule has 0 aliphatic heterocycles. The molecule has 0 aliphatic rings. The van der Waals surface area contributed by atoms with Crippen LogP contribution in [0.4, 0.5) is 17.1 Å². The van der Waals surface area contributed by atoms with Crippen LogP contribution in [0.15, 0.2) is 206 Å². The van der Waals surface area contributed by atoms with Gasteiger partial charge in [0.05, 0.1) is 22.4 Å². The molecule has 0 amide bonds. The van der Waals surface area contributed by atoms with Gasteiger partial charge in [-0.2, -0.15) is 0 Å². The van der Waals surface area contributed by atoms with Crippen LogP contribution in [0.1, 0.15) is 0 Å². The molecule has 9 aromatic carbocycles. The van der Waals surface area contributed by atoms with E-state index in [9.17, 15) is 0 Å². The van der Waals surface area contributed by atoms with Crippen molar-refractivity contribution < 1.29 is 0 Å². The molecule has 0 N–H and O–H groups in total. The number of rotatable bonds is 6. The molecule has 10 aromatic rings. The van der Waals surface area contributed by atoms with Crippen molar-refractivity contribution in [1.82, 2.24) is 4.57 Å². The maximum Gasteiger partial charge on any atom is 0.0547 e. The number of fused-ring (bicyclic) bond motifs is 5. The van der Waals surface area contributed by atoms with Gasteiger partial charge in [0.1, 0.15) is 0 Å². The lowest BCUT2D eigenvalue weighted by Crippen LogP contribution is -2.12. The van der Waals surface area contributed by atoms with Gasteiger partial charge in [-0.05, 0) is 81.4 Å². The number of anilines is 3. The summed E-state index contributed by atoms with van der Waals surface area (Å²) in [6, 6.07) is 74.8. The third-order valence-electron chi connectivity index (χ3n) is 10.4. The van der Waals surface area contributed by atoms with Gasteiger partial charge in [0, 0.05) is 33.1 Å². The van der Waals surface area contributed by atoms with Gasteiger partial charge in [-0.1, -0.05) is 158 Å². The molecule has 0 bridgehead atoms. The molecule has 1 aromatic heterocycles. The first-order valence-electron chi connectivity index (χ1n) is 17.9. The summed E-state index contributed by atoms with van der Waals surface area (Å²) < 4.78 is 2.40. The molecular weight excluding hydrogens is 629 g/mol. The zero-order chi connectivity index (χ0) is 34.4. The van der Waals surface area contributed by atoms with Crippen LogP contribution in [0, 0.1) is 0 Å². The Morgan fingerprint density at radius 1 is 0.327 bits per heavy atom. The van der Waals surface area contributed by atoms with E-state index in [1.54, 1.807) is 0 Å². The van der Waals surface area contributed by atoms with Crippen molar-refractivity contribution in [3.8, 4) is 27.9 Å². The summed E-state index contributed by atoms with van der Waals surface area (Å²) in [6.45, 7) is 0. The summed E-state index contributed by atoms with van der Waals surface area (Å²) in [6.07, 6.45) is 0. The molecule has 1 heterocycles. The Morgan fingerprint density at radius 3 is 1.81 bits per heavy atom. The van der Waals surface area contributed by atoms with Gasteiger partial charge >= 0.3 is 0 Å². The van der Waals surface area contributed by atoms with E-state index in [0.29, 0.717) is 0 Å². The molecular formula is C50H34N2. The van der Waals surface area contributed by atoms with E-state index in [-0.39, 0.29) is 0 Å². The van der Waals surface area contributed by atoms with Gasteiger partial charge in [-0.25, -0.2) is 0 Å². The average molecular weight is 663 g/mol. The number of hydrogen-bond donors (Lipinski definition) is 0. The summed E-state index contributed by atoms with van der Waals surface area (Å²) in [5.74, 6) is 0. The topological polar surface area (TPSA) is 8.17 Å². The van der Waals surface area contributed by atoms with E-state index in [1.807, 2.05) is 0 Å². The number of nitrogens with zero attached hydrogens (tertiary/aromatic N) is 2. The van der Waals surface area contributed by atoms with Crippen LogP contribution in [-0.2, 0) is 0 Å². The van der Waals surface area contributed by atoms with Crippen molar-refractivity contribution in [2.24, 2.45) is 0 Å². The Labute approximate surface area is 303 Å². The average Bonchev–Trinajstić information content (AvgIpc) is 3.55. The van der Waals surface area contributed by atoms with E-state index in [2.05, 4.69) is 216 Å². The van der Waals surface area contributed by atoms with E-state index in [0.717, 1.165) is 22.7 Å². The predicted molar refractivity (Wildman–Crippen MR) is 221 cm³/mol. The Balaban J connectivity index is 1.20. The first kappa shape index (κ1) is 30.0. The largest absolute Gasteiger partial charge is 0.309 e. The number of para-hydroxylation sites is 3. The molecule has 52 heavy (non-hydrogen) atoms. The maximum atomic E-state index is 2.44. The third-order valence-corrected chi connectivity index (χ3v) is 10.4. The summed E-state index contributed by atoms with van der Waals surface area (Å²) in [5, 5.41) is 7.37. The third kappa shape index (κ3) is 4.96. The molecule has 0 fully saturated rings. The smallest absolute Gasteiger partial charge is 0.0547 e. The normalized spacial score (nSPS) is 11.5. The lowest BCUT2D eigenvalue weighted by atomic mass is 9.92. The summed E-state index contributed by atoms with van der Waals surface area (Å²) in [4.78, 5) is 2.44. The summed E-state index contributed by atoms with van der Waals surface area (Å²) in [7, 11) is 0. The fraction of sp³-hybridized carbons (Fsp3) is 0. The maximum absolute atomic E-state index is 2.44. The van der Waals surface area contributed by atoms with Gasteiger partial charge in [-0.15, -0.1) is 0 Å². The fourth-order valence-corrected chi connectivity index (χ4v) is 7.99. The Hall–Kier alpha value is -6.90. The number of benzene rings is 9. The minimum atomic E-state index is 1.12. The molecule has 2 heteroatoms. The lowest BCUT2D eigenvalue weighted by molar-refractivity contribution is 1.18. The number of aromatic nitrogens is 1. The van der Waals surface area contributed by atoms with Crippen molar-refractivity contribution in [3.05, 3.63) is 206 Å². The van der Waals surface area contributed by atoms with E-state index in [4.69, 9.17) is 0 Å². The molecule has 0 unspecified atom stereocenters. The first-order chi connectivity index (χ1) is 25.8. The molecule has 10 rings (SSSR count). The second-order valence-electron chi connectivity index (χ2n) is 13.3. The van der Waals surface area contributed by atoms with E-state index in [1.165, 1.54) is 65.6 Å². The molecule has 0 radical (unpaired) electrons. The molecule has 2 nitrogen and oxygen atoms in total. The second kappa shape index (κ2) is 12.5. The SMILES string of the molecule is c1ccc(-n2c3ccccc3c3ccc(-c4ccccc4-c4ccccc4N(c4ccc5ccccc5c4)c4cccc5ccccc45)cc32)cc1. The van der Waals surface area contributed by atoms with Crippen molar-refractivity contribution in [1.29, 1.82) is 0 Å². The van der Waals surface area contributed by atoms with Crippen molar-refractivity contribution >= 4 is 60.4 Å². The fourth-order valence-electron chi connectivity index (χ4n) is 7.99. The minimum Gasteiger partial charge on any atom is -0.309 e. The number of hydrogen-bond acceptors (Lipinski definition) is 1. The molecule has 0 saturated heterocycles. The molecule has 0 spiro atoms. The quantitative estimate of drug-likeness (QED) is 0.172. The second-order valence-corrected chi connectivity index (χ2v) is 13.3. The van der Waals surface area contributed by atoms with Crippen LogP contribution in [0.25, 0.3) is 71.3 Å². The predicted octanol–water partition coefficient (Wildman–Crippen LogP) is 13.9. The highest BCUT2D eigenvalue weighted by atomic mass is 15.1. The van der Waals surface area contributed by atoms with Crippen molar-refractivity contribution in [2.75, 3.05) is 4.90 Å². The van der Waals surface area contributed by atoms with E-state index < -0.39 is 0 Å². The van der Waals surface area contributed by atoms with Gasteiger partial charge in [0.15, 0.2) is 0 Å². The zero-order valence-electron chi connectivity index (χ0n) is 28.5. The van der Waals surface area contributed by atoms with Crippen LogP contribution in [0.2, 0.25) is 0 Å². The minimum absolute atomic E-state index is 1.12. The zero-order valence-corrected chi connectivity index (χ0v) is 28.5. The summed E-state index contributed by atoms with van der Waals surface area (Å²) >= 11 is 0. The summed E-state index contributed by atoms with van der Waals surface area (Å²) in [5.41, 5.74) is 11.7. The molecule has 0 atom stereocenters. The van der Waals surface area contributed by atoms with Crippen LogP contribution in [0.5, 0.6) is 0 Å². The molecule has 0 aliphatic carbocycles. The first-order valence-corrected chi connectivity index (χ1v) is 17.9. The van der Waals surface area contributed by atoms with Crippen molar-refractivity contribution in [2.45, 2.75) is 0 Å². The molecule has 0 saturated carbocycles. The Morgan fingerprint density at radius 2 is 0.942 bits per heavy atom. The van der Waals surface area contributed by atoms with E-state index >= 15 is 0 Å². The Kier molecular flexibility index (Phi) is 7.18.